The molecular weight excluding hydrogens is 204 g/mol. The molecule has 2 aliphatic carbocycles. The van der Waals surface area contributed by atoms with Crippen molar-refractivity contribution in [1.82, 2.24) is 0 Å². The van der Waals surface area contributed by atoms with Crippen LogP contribution in [0.1, 0.15) is 57.8 Å². The predicted molar refractivity (Wildman–Crippen MR) is 67.6 cm³/mol. The number of rotatable bonds is 4. The van der Waals surface area contributed by atoms with Crippen LogP contribution in [0.15, 0.2) is 0 Å². The largest absolute Gasteiger partial charge is 0.378 e. The molecule has 0 radical (unpaired) electrons. The lowest BCUT2D eigenvalue weighted by Gasteiger charge is -2.30. The smallest absolute Gasteiger partial charge is 0.0575 e. The van der Waals surface area contributed by atoms with Gasteiger partial charge in [-0.15, -0.1) is 0 Å². The van der Waals surface area contributed by atoms with Gasteiger partial charge in [-0.25, -0.2) is 0 Å². The molecule has 2 saturated carbocycles. The van der Waals surface area contributed by atoms with Crippen molar-refractivity contribution in [3.8, 4) is 0 Å². The third-order valence-corrected chi connectivity index (χ3v) is 4.85. The van der Waals surface area contributed by atoms with Crippen molar-refractivity contribution in [1.29, 1.82) is 0 Å². The van der Waals surface area contributed by atoms with Crippen molar-refractivity contribution in [2.75, 3.05) is 12.4 Å². The van der Waals surface area contributed by atoms with Gasteiger partial charge in [-0.1, -0.05) is 32.1 Å². The van der Waals surface area contributed by atoms with E-state index in [1.165, 1.54) is 57.8 Å². The van der Waals surface area contributed by atoms with E-state index in [0.717, 1.165) is 12.4 Å². The fourth-order valence-electron chi connectivity index (χ4n) is 3.00. The Morgan fingerprint density at radius 1 is 1.00 bits per heavy atom. The Balaban J connectivity index is 1.75. The molecule has 0 unspecified atom stereocenters. The van der Waals surface area contributed by atoms with Crippen LogP contribution in [0.5, 0.6) is 0 Å². The lowest BCUT2D eigenvalue weighted by molar-refractivity contribution is -0.0165. The zero-order valence-corrected chi connectivity index (χ0v) is 10.6. The average Bonchev–Trinajstić information content (AvgIpc) is 2.77. The molecule has 2 heteroatoms. The van der Waals surface area contributed by atoms with Crippen molar-refractivity contribution in [3.05, 3.63) is 0 Å². The maximum atomic E-state index is 6.11. The average molecular weight is 228 g/mol. The molecule has 0 amide bonds. The third kappa shape index (κ3) is 3.13. The number of thiol groups is 1. The summed E-state index contributed by atoms with van der Waals surface area (Å²) < 4.78 is 6.11. The van der Waals surface area contributed by atoms with Crippen molar-refractivity contribution in [2.45, 2.75) is 63.9 Å². The van der Waals surface area contributed by atoms with E-state index in [0.29, 0.717) is 11.5 Å². The second-order valence-corrected chi connectivity index (χ2v) is 5.75. The molecule has 2 fully saturated rings. The Bertz CT molecular complexity index is 181. The molecule has 0 bridgehead atoms. The lowest BCUT2D eigenvalue weighted by Crippen LogP contribution is -2.29. The van der Waals surface area contributed by atoms with E-state index in [9.17, 15) is 0 Å². The first kappa shape index (κ1) is 11.8. The summed E-state index contributed by atoms with van der Waals surface area (Å²) in [5.41, 5.74) is 0.431. The molecule has 2 rings (SSSR count). The molecule has 0 aromatic rings. The highest BCUT2D eigenvalue weighted by Gasteiger charge is 2.33. The molecule has 1 nitrogen and oxygen atoms in total. The zero-order chi connectivity index (χ0) is 10.6. The highest BCUT2D eigenvalue weighted by molar-refractivity contribution is 7.80. The van der Waals surface area contributed by atoms with Crippen LogP contribution in [0, 0.1) is 5.41 Å². The van der Waals surface area contributed by atoms with Crippen LogP contribution < -0.4 is 0 Å². The minimum atomic E-state index is 0.431. The van der Waals surface area contributed by atoms with Gasteiger partial charge in [0.2, 0.25) is 0 Å². The van der Waals surface area contributed by atoms with Gasteiger partial charge in [0.25, 0.3) is 0 Å². The summed E-state index contributed by atoms with van der Waals surface area (Å²) >= 11 is 4.52. The van der Waals surface area contributed by atoms with Gasteiger partial charge in [-0.3, -0.25) is 0 Å². The van der Waals surface area contributed by atoms with E-state index in [1.807, 2.05) is 0 Å². The van der Waals surface area contributed by atoms with Crippen molar-refractivity contribution < 1.29 is 4.74 Å². The zero-order valence-electron chi connectivity index (χ0n) is 9.71. The Hall–Kier alpha value is 0.310. The number of hydrogen-bond donors (Lipinski definition) is 1. The number of ether oxygens (including phenoxy) is 1. The maximum absolute atomic E-state index is 6.11. The van der Waals surface area contributed by atoms with E-state index < -0.39 is 0 Å². The van der Waals surface area contributed by atoms with Gasteiger partial charge < -0.3 is 4.74 Å². The molecule has 0 N–H and O–H groups in total. The summed E-state index contributed by atoms with van der Waals surface area (Å²) in [7, 11) is 0. The Kier molecular flexibility index (Phi) is 4.39. The summed E-state index contributed by atoms with van der Waals surface area (Å²) in [6.07, 6.45) is 12.8. The summed E-state index contributed by atoms with van der Waals surface area (Å²) in [5, 5.41) is 0. The summed E-state index contributed by atoms with van der Waals surface area (Å²) in [6.45, 7) is 0.973. The van der Waals surface area contributed by atoms with Crippen LogP contribution in [0.2, 0.25) is 0 Å². The molecule has 0 aromatic carbocycles. The van der Waals surface area contributed by atoms with Crippen molar-refractivity contribution in [2.24, 2.45) is 5.41 Å². The van der Waals surface area contributed by atoms with Crippen LogP contribution in [0.4, 0.5) is 0 Å². The highest BCUT2D eigenvalue weighted by Crippen LogP contribution is 2.40. The van der Waals surface area contributed by atoms with E-state index in [-0.39, 0.29) is 0 Å². The van der Waals surface area contributed by atoms with Gasteiger partial charge in [0.1, 0.15) is 0 Å². The standard InChI is InChI=1S/C13H24OS/c15-11-13(8-4-5-9-13)10-14-12-6-2-1-3-7-12/h12,15H,1-11H2. The van der Waals surface area contributed by atoms with Crippen molar-refractivity contribution >= 4 is 12.6 Å². The Labute approximate surface area is 99.4 Å². The monoisotopic (exact) mass is 228 g/mol. The van der Waals surface area contributed by atoms with Crippen LogP contribution in [0.25, 0.3) is 0 Å². The molecule has 88 valence electrons. The normalized spacial score (nSPS) is 27.0. The molecule has 0 aliphatic heterocycles. The van der Waals surface area contributed by atoms with Crippen molar-refractivity contribution in [3.63, 3.8) is 0 Å². The molecule has 0 saturated heterocycles. The molecule has 0 aromatic heterocycles. The van der Waals surface area contributed by atoms with Crippen LogP contribution in [-0.4, -0.2) is 18.5 Å². The van der Waals surface area contributed by atoms with Gasteiger partial charge in [-0.2, -0.15) is 12.6 Å². The minimum Gasteiger partial charge on any atom is -0.378 e. The maximum Gasteiger partial charge on any atom is 0.0575 e. The fourth-order valence-corrected chi connectivity index (χ4v) is 3.41. The molecule has 15 heavy (non-hydrogen) atoms. The summed E-state index contributed by atoms with van der Waals surface area (Å²) in [6, 6.07) is 0. The summed E-state index contributed by atoms with van der Waals surface area (Å²) in [4.78, 5) is 0. The van der Waals surface area contributed by atoms with Gasteiger partial charge in [0.05, 0.1) is 12.7 Å². The second kappa shape index (κ2) is 5.58. The van der Waals surface area contributed by atoms with Gasteiger partial charge in [0, 0.05) is 5.41 Å². The second-order valence-electron chi connectivity index (χ2n) is 5.44. The molecular formula is C13H24OS. The third-order valence-electron chi connectivity index (χ3n) is 4.18. The molecule has 2 aliphatic rings. The van der Waals surface area contributed by atoms with Gasteiger partial charge in [0.15, 0.2) is 0 Å². The summed E-state index contributed by atoms with van der Waals surface area (Å²) in [5.74, 6) is 1.01. The Morgan fingerprint density at radius 3 is 2.27 bits per heavy atom. The van der Waals surface area contributed by atoms with Crippen LogP contribution >= 0.6 is 12.6 Å². The topological polar surface area (TPSA) is 9.23 Å². The molecule has 0 spiro atoms. The molecule has 0 heterocycles. The van der Waals surface area contributed by atoms with Crippen LogP contribution in [0.3, 0.4) is 0 Å². The highest BCUT2D eigenvalue weighted by atomic mass is 32.1. The fraction of sp³-hybridized carbons (Fsp3) is 1.00. The van der Waals surface area contributed by atoms with E-state index in [4.69, 9.17) is 4.74 Å². The lowest BCUT2D eigenvalue weighted by atomic mass is 9.89. The van der Waals surface area contributed by atoms with Gasteiger partial charge in [-0.05, 0) is 31.4 Å². The van der Waals surface area contributed by atoms with Crippen LogP contribution in [-0.2, 0) is 4.74 Å². The van der Waals surface area contributed by atoms with Gasteiger partial charge >= 0.3 is 0 Å². The minimum absolute atomic E-state index is 0.431. The SMILES string of the molecule is SCC1(COC2CCCCC2)CCCC1. The first-order valence-corrected chi connectivity index (χ1v) is 7.20. The first-order valence-electron chi connectivity index (χ1n) is 6.57. The predicted octanol–water partition coefficient (Wildman–Crippen LogP) is 3.83. The first-order chi connectivity index (χ1) is 7.35. The van der Waals surface area contributed by atoms with E-state index in [2.05, 4.69) is 12.6 Å². The molecule has 0 atom stereocenters. The quantitative estimate of drug-likeness (QED) is 0.720. The Morgan fingerprint density at radius 2 is 1.67 bits per heavy atom. The van der Waals surface area contributed by atoms with E-state index >= 15 is 0 Å². The van der Waals surface area contributed by atoms with E-state index in [1.54, 1.807) is 0 Å². The number of hydrogen-bond acceptors (Lipinski definition) is 2.